The first-order valence-corrected chi connectivity index (χ1v) is 20.5. The summed E-state index contributed by atoms with van der Waals surface area (Å²) in [5.41, 5.74) is 13.4. The fourth-order valence-electron chi connectivity index (χ4n) is 6.58. The Morgan fingerprint density at radius 1 is 0.657 bits per heavy atom. The molecule has 0 aromatic heterocycles. The number of rotatable bonds is 13. The van der Waals surface area contributed by atoms with Gasteiger partial charge < -0.3 is 31.0 Å². The summed E-state index contributed by atoms with van der Waals surface area (Å²) < 4.78 is 56.6. The van der Waals surface area contributed by atoms with Crippen molar-refractivity contribution < 1.29 is 66.2 Å². The van der Waals surface area contributed by atoms with Crippen molar-refractivity contribution in [2.24, 2.45) is 11.5 Å². The lowest BCUT2D eigenvalue weighted by atomic mass is 10.1. The van der Waals surface area contributed by atoms with Crippen molar-refractivity contribution in [2.45, 2.75) is 45.0 Å². The van der Waals surface area contributed by atoms with Crippen LogP contribution in [0.3, 0.4) is 0 Å². The molecule has 4 aromatic carbocycles. The standard InChI is InChI=1S/C22H20FN3O4.C12H13FN2O4.C12H13FN2O3/c1-2-14-3-5-15(6-4-14)7-10-20(27)25-12-17-13-26(22(29)30-17)16-8-9-18(21(24)28)19(23)11-16;1-2-8-6-15(12(17)19-8)7-3-4-9(10(13)5-7)11(16)14-18;1-2-8-6-15(12(17)18-8)7-3-4-9(11(14)16)10(13)5-7/h2-11,17H,1,12-13H2,(H2,24,28)(H,25,27);3-5,8,18H,2,6H2,1H3,(H,14,16);3-5,8H,2,6H2,1H3,(H2,14,16)/b10-7+;;/t17-;2*8-/m000/s1. The average Bonchev–Trinajstić information content (AvgIpc) is 4.02. The van der Waals surface area contributed by atoms with E-state index in [2.05, 4.69) is 11.9 Å². The van der Waals surface area contributed by atoms with E-state index >= 15 is 0 Å². The van der Waals surface area contributed by atoms with Gasteiger partial charge in [-0.3, -0.25) is 39.1 Å². The van der Waals surface area contributed by atoms with E-state index in [1.54, 1.807) is 12.2 Å². The second-order valence-corrected chi connectivity index (χ2v) is 14.8. The Bertz CT molecular complexity index is 2580. The van der Waals surface area contributed by atoms with Crippen molar-refractivity contribution in [3.63, 3.8) is 0 Å². The molecule has 3 aliphatic heterocycles. The Labute approximate surface area is 381 Å². The van der Waals surface area contributed by atoms with Crippen LogP contribution in [0.5, 0.6) is 0 Å². The highest BCUT2D eigenvalue weighted by Gasteiger charge is 2.34. The Balaban J connectivity index is 0.000000198. The largest absolute Gasteiger partial charge is 0.444 e. The zero-order chi connectivity index (χ0) is 48.9. The van der Waals surface area contributed by atoms with E-state index in [9.17, 15) is 46.7 Å². The summed E-state index contributed by atoms with van der Waals surface area (Å²) in [4.78, 5) is 84.2. The highest BCUT2D eigenvalue weighted by molar-refractivity contribution is 5.97. The number of hydrogen-bond donors (Lipinski definition) is 5. The summed E-state index contributed by atoms with van der Waals surface area (Å²) in [6, 6.07) is 18.7. The Morgan fingerprint density at radius 3 is 1.40 bits per heavy atom. The first kappa shape index (κ1) is 49.8. The molecule has 352 valence electrons. The summed E-state index contributed by atoms with van der Waals surface area (Å²) in [5, 5.41) is 11.1. The van der Waals surface area contributed by atoms with Crippen LogP contribution in [0.1, 0.15) is 68.9 Å². The summed E-state index contributed by atoms with van der Waals surface area (Å²) >= 11 is 0. The smallest absolute Gasteiger partial charge is 0.414 e. The van der Waals surface area contributed by atoms with Crippen LogP contribution in [0.15, 0.2) is 91.5 Å². The Kier molecular flexibility index (Phi) is 16.8. The van der Waals surface area contributed by atoms with Gasteiger partial charge in [-0.2, -0.15) is 0 Å². The van der Waals surface area contributed by atoms with Gasteiger partial charge in [0.05, 0.1) is 59.9 Å². The molecule has 7 amide bonds. The molecule has 7 N–H and O–H groups in total. The quantitative estimate of drug-likeness (QED) is 0.0446. The summed E-state index contributed by atoms with van der Waals surface area (Å²) in [5.74, 6) is -5.41. The number of benzene rings is 4. The molecule has 0 aliphatic carbocycles. The van der Waals surface area contributed by atoms with Gasteiger partial charge in [0.15, 0.2) is 0 Å². The minimum Gasteiger partial charge on any atom is -0.444 e. The van der Waals surface area contributed by atoms with E-state index in [-0.39, 0.29) is 53.6 Å². The molecular weight excluding hydrogens is 884 g/mol. The number of amides is 7. The van der Waals surface area contributed by atoms with Crippen LogP contribution in [0.2, 0.25) is 0 Å². The maximum Gasteiger partial charge on any atom is 0.414 e. The number of nitrogens with one attached hydrogen (secondary N) is 2. The first-order valence-electron chi connectivity index (χ1n) is 20.5. The predicted molar refractivity (Wildman–Crippen MR) is 237 cm³/mol. The van der Waals surface area contributed by atoms with Crippen molar-refractivity contribution in [3.05, 3.63) is 137 Å². The number of anilines is 3. The van der Waals surface area contributed by atoms with Gasteiger partial charge in [-0.15, -0.1) is 0 Å². The molecule has 0 radical (unpaired) electrons. The molecule has 18 nitrogen and oxygen atoms in total. The van der Waals surface area contributed by atoms with Gasteiger partial charge in [-0.05, 0) is 84.6 Å². The molecule has 0 bridgehead atoms. The van der Waals surface area contributed by atoms with E-state index in [4.69, 9.17) is 30.9 Å². The molecule has 67 heavy (non-hydrogen) atoms. The molecular formula is C46H46F3N7O11. The number of nitrogens with two attached hydrogens (primary N) is 2. The van der Waals surface area contributed by atoms with E-state index < -0.39 is 59.6 Å². The fraction of sp³-hybridized carbons (Fsp3) is 0.239. The number of carbonyl (C=O) groups is 7. The number of carbonyl (C=O) groups excluding carboxylic acids is 7. The monoisotopic (exact) mass is 929 g/mol. The molecule has 21 heteroatoms. The minimum absolute atomic E-state index is 0.0999. The van der Waals surface area contributed by atoms with E-state index in [0.29, 0.717) is 37.3 Å². The number of primary amides is 2. The molecule has 0 spiro atoms. The summed E-state index contributed by atoms with van der Waals surface area (Å²) in [6.45, 7) is 8.42. The van der Waals surface area contributed by atoms with Gasteiger partial charge in [0.25, 0.3) is 17.7 Å². The van der Waals surface area contributed by atoms with E-state index in [0.717, 1.165) is 29.3 Å². The minimum atomic E-state index is -0.945. The van der Waals surface area contributed by atoms with Crippen LogP contribution < -0.4 is 37.0 Å². The number of halogens is 3. The van der Waals surface area contributed by atoms with Crippen molar-refractivity contribution in [1.82, 2.24) is 10.8 Å². The van der Waals surface area contributed by atoms with Gasteiger partial charge in [0.2, 0.25) is 5.91 Å². The maximum absolute atomic E-state index is 14.0. The zero-order valence-corrected chi connectivity index (χ0v) is 36.1. The molecule has 0 saturated carbocycles. The average molecular weight is 930 g/mol. The molecule has 3 aliphatic rings. The number of nitrogens with zero attached hydrogens (tertiary/aromatic N) is 3. The van der Waals surface area contributed by atoms with Crippen molar-refractivity contribution in [2.75, 3.05) is 40.9 Å². The molecule has 3 saturated heterocycles. The van der Waals surface area contributed by atoms with Gasteiger partial charge >= 0.3 is 18.3 Å². The Hall–Kier alpha value is -8.20. The maximum atomic E-state index is 14.0. The second-order valence-electron chi connectivity index (χ2n) is 14.8. The summed E-state index contributed by atoms with van der Waals surface area (Å²) in [7, 11) is 0. The number of ether oxygens (including phenoxy) is 3. The molecule has 0 unspecified atom stereocenters. The lowest BCUT2D eigenvalue weighted by molar-refractivity contribution is -0.116. The van der Waals surface area contributed by atoms with Gasteiger partial charge in [0, 0.05) is 6.08 Å². The molecule has 7 rings (SSSR count). The second kappa shape index (κ2) is 22.6. The van der Waals surface area contributed by atoms with Gasteiger partial charge in [-0.25, -0.2) is 33.0 Å². The highest BCUT2D eigenvalue weighted by Crippen LogP contribution is 2.27. The summed E-state index contributed by atoms with van der Waals surface area (Å²) in [6.07, 6.45) is 3.45. The van der Waals surface area contributed by atoms with Crippen molar-refractivity contribution >= 4 is 71.1 Å². The molecule has 3 heterocycles. The van der Waals surface area contributed by atoms with Gasteiger partial charge in [0.1, 0.15) is 35.8 Å². The third kappa shape index (κ3) is 12.8. The highest BCUT2D eigenvalue weighted by atomic mass is 19.1. The zero-order valence-electron chi connectivity index (χ0n) is 36.1. The van der Waals surface area contributed by atoms with E-state index in [1.807, 2.05) is 38.1 Å². The van der Waals surface area contributed by atoms with Crippen molar-refractivity contribution in [3.8, 4) is 0 Å². The SMILES string of the molecule is C=Cc1ccc(/C=C/C(=O)NC[C@H]2CN(c3ccc(C(N)=O)c(F)c3)C(=O)O2)cc1.CC[C@H]1CN(c2ccc(C(=O)NO)c(F)c2)C(=O)O1.CC[C@H]1CN(c2ccc(C(N)=O)c(F)c2)C(=O)O1. The van der Waals surface area contributed by atoms with E-state index in [1.165, 1.54) is 62.7 Å². The predicted octanol–water partition coefficient (Wildman–Crippen LogP) is 6.06. The fourth-order valence-corrected chi connectivity index (χ4v) is 6.58. The number of hydroxylamine groups is 1. The Morgan fingerprint density at radius 2 is 1.04 bits per heavy atom. The van der Waals surface area contributed by atoms with Crippen molar-refractivity contribution in [1.29, 1.82) is 0 Å². The molecule has 3 atom stereocenters. The lowest BCUT2D eigenvalue weighted by Gasteiger charge is -2.13. The van der Waals surface area contributed by atoms with Crippen LogP contribution in [-0.2, 0) is 19.0 Å². The van der Waals surface area contributed by atoms with Crippen LogP contribution in [0.4, 0.5) is 44.6 Å². The number of hydrogen-bond acceptors (Lipinski definition) is 11. The van der Waals surface area contributed by atoms with Crippen LogP contribution in [0, 0.1) is 17.5 Å². The lowest BCUT2D eigenvalue weighted by Crippen LogP contribution is -2.33. The molecule has 3 fully saturated rings. The van der Waals surface area contributed by atoms with Gasteiger partial charge in [-0.1, -0.05) is 50.8 Å². The van der Waals surface area contributed by atoms with Crippen LogP contribution in [-0.4, -0.2) is 91.6 Å². The topological polar surface area (TPSA) is 253 Å². The number of cyclic esters (lactones) is 3. The first-order chi connectivity index (χ1) is 32.0. The third-order valence-corrected chi connectivity index (χ3v) is 10.3. The van der Waals surface area contributed by atoms with Crippen LogP contribution >= 0.6 is 0 Å². The van der Waals surface area contributed by atoms with Crippen LogP contribution in [0.25, 0.3) is 12.2 Å². The third-order valence-electron chi connectivity index (χ3n) is 10.3. The molecule has 4 aromatic rings. The normalized spacial score (nSPS) is 17.4.